The van der Waals surface area contributed by atoms with Gasteiger partial charge in [-0.25, -0.2) is 0 Å². The third-order valence-electron chi connectivity index (χ3n) is 3.53. The van der Waals surface area contributed by atoms with Crippen molar-refractivity contribution < 1.29 is 4.79 Å². The summed E-state index contributed by atoms with van der Waals surface area (Å²) in [6.07, 6.45) is 0. The van der Waals surface area contributed by atoms with Crippen molar-refractivity contribution in [2.75, 3.05) is 18.0 Å². The molecule has 106 valence electrons. The summed E-state index contributed by atoms with van der Waals surface area (Å²) in [5.74, 6) is 0.0167. The van der Waals surface area contributed by atoms with Crippen molar-refractivity contribution in [3.8, 4) is 0 Å². The standard InChI is InChI=1S/C17H15ClN2O/c1-12(21)20-10-9-19-17(13-5-3-2-4-6-13)15-11-14(18)7-8-16(15)20/h2-8,11H,9-10H2,1H3. The Labute approximate surface area is 128 Å². The number of aliphatic imine (C=N–C) groups is 1. The van der Waals surface area contributed by atoms with Crippen molar-refractivity contribution >= 4 is 28.9 Å². The molecule has 0 unspecified atom stereocenters. The Bertz CT molecular complexity index is 710. The van der Waals surface area contributed by atoms with Gasteiger partial charge in [-0.15, -0.1) is 0 Å². The average Bonchev–Trinajstić information content (AvgIpc) is 2.67. The third-order valence-corrected chi connectivity index (χ3v) is 3.76. The normalized spacial score (nSPS) is 14.2. The molecule has 3 rings (SSSR count). The van der Waals surface area contributed by atoms with E-state index in [4.69, 9.17) is 11.6 Å². The van der Waals surface area contributed by atoms with Crippen LogP contribution in [-0.2, 0) is 4.79 Å². The van der Waals surface area contributed by atoms with Crippen molar-refractivity contribution in [1.29, 1.82) is 0 Å². The maximum absolute atomic E-state index is 11.9. The first-order valence-corrected chi connectivity index (χ1v) is 7.22. The van der Waals surface area contributed by atoms with Gasteiger partial charge in [-0.05, 0) is 18.2 Å². The van der Waals surface area contributed by atoms with Gasteiger partial charge in [-0.2, -0.15) is 0 Å². The minimum Gasteiger partial charge on any atom is -0.310 e. The zero-order chi connectivity index (χ0) is 14.8. The van der Waals surface area contributed by atoms with E-state index in [9.17, 15) is 4.79 Å². The van der Waals surface area contributed by atoms with Gasteiger partial charge >= 0.3 is 0 Å². The SMILES string of the molecule is CC(=O)N1CCN=C(c2ccccc2)c2cc(Cl)ccc21. The number of carbonyl (C=O) groups excluding carboxylic acids is 1. The second kappa shape index (κ2) is 5.70. The number of anilines is 1. The lowest BCUT2D eigenvalue weighted by Crippen LogP contribution is -2.30. The van der Waals surface area contributed by atoms with E-state index in [-0.39, 0.29) is 5.91 Å². The largest absolute Gasteiger partial charge is 0.310 e. The van der Waals surface area contributed by atoms with Crippen LogP contribution in [0.4, 0.5) is 5.69 Å². The summed E-state index contributed by atoms with van der Waals surface area (Å²) >= 11 is 6.15. The van der Waals surface area contributed by atoms with Gasteiger partial charge < -0.3 is 4.90 Å². The quantitative estimate of drug-likeness (QED) is 0.792. The second-order valence-corrected chi connectivity index (χ2v) is 5.36. The lowest BCUT2D eigenvalue weighted by atomic mass is 10.0. The minimum atomic E-state index is 0.0167. The van der Waals surface area contributed by atoms with Gasteiger partial charge in [-0.3, -0.25) is 9.79 Å². The first-order valence-electron chi connectivity index (χ1n) is 6.85. The van der Waals surface area contributed by atoms with E-state index in [0.717, 1.165) is 22.5 Å². The highest BCUT2D eigenvalue weighted by molar-refractivity contribution is 6.31. The number of benzene rings is 2. The lowest BCUT2D eigenvalue weighted by Gasteiger charge is -2.21. The smallest absolute Gasteiger partial charge is 0.223 e. The Morgan fingerprint density at radius 3 is 2.67 bits per heavy atom. The summed E-state index contributed by atoms with van der Waals surface area (Å²) in [7, 11) is 0. The van der Waals surface area contributed by atoms with Crippen LogP contribution in [0.25, 0.3) is 0 Å². The fraction of sp³-hybridized carbons (Fsp3) is 0.176. The first kappa shape index (κ1) is 13.8. The van der Waals surface area contributed by atoms with E-state index in [0.29, 0.717) is 18.1 Å². The van der Waals surface area contributed by atoms with Gasteiger partial charge in [0, 0.05) is 29.6 Å². The molecule has 0 aliphatic carbocycles. The Balaban J connectivity index is 2.19. The van der Waals surface area contributed by atoms with Crippen LogP contribution in [0.1, 0.15) is 18.1 Å². The number of amides is 1. The van der Waals surface area contributed by atoms with Crippen molar-refractivity contribution in [2.45, 2.75) is 6.92 Å². The number of fused-ring (bicyclic) bond motifs is 1. The van der Waals surface area contributed by atoms with Crippen LogP contribution in [0.2, 0.25) is 5.02 Å². The maximum Gasteiger partial charge on any atom is 0.223 e. The third kappa shape index (κ3) is 2.69. The second-order valence-electron chi connectivity index (χ2n) is 4.93. The molecule has 0 N–H and O–H groups in total. The maximum atomic E-state index is 11.9. The predicted octanol–water partition coefficient (Wildman–Crippen LogP) is 3.54. The predicted molar refractivity (Wildman–Crippen MR) is 86.4 cm³/mol. The Morgan fingerprint density at radius 1 is 1.19 bits per heavy atom. The molecule has 3 nitrogen and oxygen atoms in total. The summed E-state index contributed by atoms with van der Waals surface area (Å²) in [5.41, 5.74) is 3.69. The summed E-state index contributed by atoms with van der Waals surface area (Å²) in [6.45, 7) is 2.74. The van der Waals surface area contributed by atoms with E-state index >= 15 is 0 Å². The van der Waals surface area contributed by atoms with E-state index < -0.39 is 0 Å². The van der Waals surface area contributed by atoms with Gasteiger partial charge in [0.25, 0.3) is 0 Å². The summed E-state index contributed by atoms with van der Waals surface area (Å²) < 4.78 is 0. The van der Waals surface area contributed by atoms with Crippen LogP contribution in [0, 0.1) is 0 Å². The highest BCUT2D eigenvalue weighted by atomic mass is 35.5. The molecule has 4 heteroatoms. The molecule has 0 atom stereocenters. The van der Waals surface area contributed by atoms with Gasteiger partial charge in [0.1, 0.15) is 0 Å². The van der Waals surface area contributed by atoms with Crippen LogP contribution >= 0.6 is 11.6 Å². The molecule has 0 aromatic heterocycles. The van der Waals surface area contributed by atoms with Gasteiger partial charge in [0.05, 0.1) is 17.9 Å². The van der Waals surface area contributed by atoms with E-state index in [2.05, 4.69) is 4.99 Å². The van der Waals surface area contributed by atoms with Crippen molar-refractivity contribution in [2.24, 2.45) is 4.99 Å². The molecule has 2 aromatic rings. The van der Waals surface area contributed by atoms with Crippen molar-refractivity contribution in [3.63, 3.8) is 0 Å². The first-order chi connectivity index (χ1) is 10.2. The number of hydrogen-bond acceptors (Lipinski definition) is 2. The molecule has 0 spiro atoms. The zero-order valence-corrected chi connectivity index (χ0v) is 12.5. The Kier molecular flexibility index (Phi) is 3.76. The van der Waals surface area contributed by atoms with Crippen LogP contribution in [0.15, 0.2) is 53.5 Å². The molecule has 1 amide bonds. The molecule has 0 bridgehead atoms. The molecule has 1 aliphatic rings. The number of nitrogens with zero attached hydrogens (tertiary/aromatic N) is 2. The van der Waals surface area contributed by atoms with Crippen molar-refractivity contribution in [3.05, 3.63) is 64.7 Å². The number of benzodiazepines with no additional fused rings is 1. The molecule has 1 heterocycles. The van der Waals surface area contributed by atoms with Gasteiger partial charge in [0.15, 0.2) is 0 Å². The Morgan fingerprint density at radius 2 is 1.95 bits per heavy atom. The lowest BCUT2D eigenvalue weighted by molar-refractivity contribution is -0.116. The molecule has 2 aromatic carbocycles. The van der Waals surface area contributed by atoms with Crippen LogP contribution in [0.3, 0.4) is 0 Å². The van der Waals surface area contributed by atoms with Crippen LogP contribution in [0.5, 0.6) is 0 Å². The number of halogens is 1. The highest BCUT2D eigenvalue weighted by Gasteiger charge is 2.22. The van der Waals surface area contributed by atoms with Crippen LogP contribution in [-0.4, -0.2) is 24.7 Å². The fourth-order valence-corrected chi connectivity index (χ4v) is 2.74. The van der Waals surface area contributed by atoms with Crippen LogP contribution < -0.4 is 4.90 Å². The number of carbonyl (C=O) groups is 1. The fourth-order valence-electron chi connectivity index (χ4n) is 2.57. The topological polar surface area (TPSA) is 32.7 Å². The van der Waals surface area contributed by atoms with E-state index in [1.807, 2.05) is 48.5 Å². The molecule has 21 heavy (non-hydrogen) atoms. The zero-order valence-electron chi connectivity index (χ0n) is 11.7. The van der Waals surface area contributed by atoms with Gasteiger partial charge in [0.2, 0.25) is 5.91 Å². The molecule has 0 radical (unpaired) electrons. The Hall–Kier alpha value is -2.13. The molecule has 0 saturated carbocycles. The molecule has 0 saturated heterocycles. The number of rotatable bonds is 1. The van der Waals surface area contributed by atoms with E-state index in [1.165, 1.54) is 0 Å². The minimum absolute atomic E-state index is 0.0167. The van der Waals surface area contributed by atoms with E-state index in [1.54, 1.807) is 11.8 Å². The average molecular weight is 299 g/mol. The summed E-state index contributed by atoms with van der Waals surface area (Å²) in [5, 5.41) is 0.641. The van der Waals surface area contributed by atoms with Crippen molar-refractivity contribution in [1.82, 2.24) is 0 Å². The van der Waals surface area contributed by atoms with Gasteiger partial charge in [-0.1, -0.05) is 41.9 Å². The molecule has 1 aliphatic heterocycles. The monoisotopic (exact) mass is 298 g/mol. The highest BCUT2D eigenvalue weighted by Crippen LogP contribution is 2.29. The molecular formula is C17H15ClN2O. The molecular weight excluding hydrogens is 284 g/mol. The summed E-state index contributed by atoms with van der Waals surface area (Å²) in [4.78, 5) is 18.3. The molecule has 0 fully saturated rings. The number of hydrogen-bond donors (Lipinski definition) is 0. The summed E-state index contributed by atoms with van der Waals surface area (Å²) in [6, 6.07) is 15.6.